The van der Waals surface area contributed by atoms with Gasteiger partial charge in [0.15, 0.2) is 0 Å². The van der Waals surface area contributed by atoms with E-state index in [-0.39, 0.29) is 126 Å². The average Bonchev–Trinajstić information content (AvgIpc) is 3.27. The summed E-state index contributed by atoms with van der Waals surface area (Å²) in [7, 11) is -4.79. The fourth-order valence-electron chi connectivity index (χ4n) is 5.07. The number of benzene rings is 2. The minimum absolute atomic E-state index is 0.0171. The SMILES string of the molecule is O=S(=O)(O)c1cc(Nc2nc(NCCOCCO)nc(NCCOCCO)n2)ccc1C=Cc1ccc(Nc2nc(NCCOCCO)nc(NCCOCCO)n2)cc1SOOO. The summed E-state index contributed by atoms with van der Waals surface area (Å²) in [6.45, 7) is 2.44. The van der Waals surface area contributed by atoms with Crippen molar-refractivity contribution in [3.63, 3.8) is 0 Å². The van der Waals surface area contributed by atoms with Crippen LogP contribution in [-0.4, -0.2) is 174 Å². The molecule has 0 unspecified atom stereocenters. The van der Waals surface area contributed by atoms with E-state index in [0.29, 0.717) is 54.4 Å². The second kappa shape index (κ2) is 29.3. The molecule has 0 saturated heterocycles. The number of rotatable bonds is 34. The first-order chi connectivity index (χ1) is 31.1. The highest BCUT2D eigenvalue weighted by atomic mass is 32.2. The number of aliphatic hydroxyl groups is 4. The molecule has 4 aromatic rings. The third kappa shape index (κ3) is 19.3. The van der Waals surface area contributed by atoms with Gasteiger partial charge in [0, 0.05) is 42.4 Å². The third-order valence-electron chi connectivity index (χ3n) is 7.75. The first-order valence-electron chi connectivity index (χ1n) is 19.5. The van der Waals surface area contributed by atoms with Crippen LogP contribution in [0.5, 0.6) is 0 Å². The number of nitrogens with zero attached hydrogens (tertiary/aromatic N) is 6. The largest absolute Gasteiger partial charge is 0.394 e. The lowest BCUT2D eigenvalue weighted by Crippen LogP contribution is -2.17. The summed E-state index contributed by atoms with van der Waals surface area (Å²) in [5.74, 6) is 0.849. The standard InChI is InChI=1S/C36H52N12O14S2/c49-11-19-57-15-7-37-31-43-32(38-8-16-58-20-12-50)46-35(45-31)41-27-5-3-25(29(23-27)63-62-61-53)1-2-26-4-6-28(24-30(26)64(54,55)56)42-36-47-33(39-9-17-59-21-13-51)44-34(48-36)40-10-18-60-22-14-52/h1-6,23-24,49-53H,7-22H2,(H,54,55,56)(H3,37,38,41,43,45,46)(H3,39,40,42,44,47,48). The summed E-state index contributed by atoms with van der Waals surface area (Å²) in [6, 6.07) is 9.12. The summed E-state index contributed by atoms with van der Waals surface area (Å²) in [5, 5.41) is 66.7. The predicted molar refractivity (Wildman–Crippen MR) is 234 cm³/mol. The highest BCUT2D eigenvalue weighted by molar-refractivity contribution is 7.94. The van der Waals surface area contributed by atoms with Crippen LogP contribution < -0.4 is 31.9 Å². The zero-order chi connectivity index (χ0) is 45.8. The Kier molecular flexibility index (Phi) is 23.6. The van der Waals surface area contributed by atoms with Gasteiger partial charge in [-0.15, -0.1) is 4.33 Å². The van der Waals surface area contributed by atoms with Gasteiger partial charge >= 0.3 is 0 Å². The minimum Gasteiger partial charge on any atom is -0.394 e. The van der Waals surface area contributed by atoms with E-state index in [1.807, 2.05) is 0 Å². The third-order valence-corrected chi connectivity index (χ3v) is 9.32. The second-order valence-corrected chi connectivity index (χ2v) is 14.6. The van der Waals surface area contributed by atoms with Gasteiger partial charge in [-0.25, -0.2) is 5.26 Å². The molecule has 12 N–H and O–H groups in total. The fourth-order valence-corrected chi connectivity index (χ4v) is 6.29. The van der Waals surface area contributed by atoms with Crippen LogP contribution in [0.4, 0.5) is 47.1 Å². The van der Waals surface area contributed by atoms with Gasteiger partial charge < -0.3 is 71.3 Å². The van der Waals surface area contributed by atoms with Crippen molar-refractivity contribution in [2.45, 2.75) is 9.79 Å². The number of nitrogens with one attached hydrogen (secondary N) is 6. The van der Waals surface area contributed by atoms with E-state index in [1.54, 1.807) is 30.3 Å². The van der Waals surface area contributed by atoms with Crippen LogP contribution in [0.1, 0.15) is 11.1 Å². The smallest absolute Gasteiger partial charge is 0.295 e. The first-order valence-corrected chi connectivity index (χ1v) is 21.7. The van der Waals surface area contributed by atoms with Gasteiger partial charge in [0.05, 0.1) is 91.3 Å². The lowest BCUT2D eigenvalue weighted by Gasteiger charge is -2.13. The molecule has 28 heteroatoms. The molecule has 0 aliphatic heterocycles. The van der Waals surface area contributed by atoms with E-state index in [2.05, 4.69) is 66.8 Å². The van der Waals surface area contributed by atoms with Crippen molar-refractivity contribution in [2.75, 3.05) is 137 Å². The Bertz CT molecular complexity index is 2070. The van der Waals surface area contributed by atoms with Crippen LogP contribution in [0.3, 0.4) is 0 Å². The Hall–Kier alpha value is -5.18. The van der Waals surface area contributed by atoms with Crippen LogP contribution in [0.25, 0.3) is 12.2 Å². The van der Waals surface area contributed by atoms with Gasteiger partial charge in [0.1, 0.15) is 4.90 Å². The predicted octanol–water partition coefficient (Wildman–Crippen LogP) is 1.07. The van der Waals surface area contributed by atoms with Gasteiger partial charge in [-0.05, 0) is 35.4 Å². The molecule has 4 rings (SSSR count). The van der Waals surface area contributed by atoms with E-state index in [1.165, 1.54) is 18.2 Å². The number of anilines is 8. The number of ether oxygens (including phenoxy) is 4. The molecule has 0 radical (unpaired) electrons. The molecule has 0 aliphatic rings. The van der Waals surface area contributed by atoms with Crippen LogP contribution in [0.2, 0.25) is 0 Å². The average molecular weight is 941 g/mol. The van der Waals surface area contributed by atoms with E-state index in [4.69, 9.17) is 49.0 Å². The minimum atomic E-state index is -4.79. The van der Waals surface area contributed by atoms with Crippen LogP contribution in [-0.2, 0) is 38.4 Å². The molecule has 26 nitrogen and oxygen atoms in total. The molecule has 352 valence electrons. The lowest BCUT2D eigenvalue weighted by molar-refractivity contribution is -0.432. The molecule has 0 saturated carbocycles. The van der Waals surface area contributed by atoms with E-state index in [9.17, 15) is 13.0 Å². The highest BCUT2D eigenvalue weighted by Gasteiger charge is 2.17. The van der Waals surface area contributed by atoms with E-state index in [0.717, 1.165) is 0 Å². The molecular weight excluding hydrogens is 889 g/mol. The van der Waals surface area contributed by atoms with Crippen LogP contribution >= 0.6 is 12.0 Å². The summed E-state index contributed by atoms with van der Waals surface area (Å²) < 4.78 is 61.5. The summed E-state index contributed by atoms with van der Waals surface area (Å²) >= 11 is 0.635. The fraction of sp³-hybridized carbons (Fsp3) is 0.444. The summed E-state index contributed by atoms with van der Waals surface area (Å²) in [5.41, 5.74) is 1.23. The maximum absolute atomic E-state index is 12.7. The van der Waals surface area contributed by atoms with Crippen molar-refractivity contribution in [3.05, 3.63) is 47.5 Å². The van der Waals surface area contributed by atoms with Crippen molar-refractivity contribution in [1.29, 1.82) is 0 Å². The highest BCUT2D eigenvalue weighted by Crippen LogP contribution is 2.31. The second-order valence-electron chi connectivity index (χ2n) is 12.5. The van der Waals surface area contributed by atoms with Crippen molar-refractivity contribution >= 4 is 81.4 Å². The maximum atomic E-state index is 12.7. The number of hydrogen-bond donors (Lipinski definition) is 12. The molecule has 0 aliphatic carbocycles. The van der Waals surface area contributed by atoms with Crippen molar-refractivity contribution in [2.24, 2.45) is 0 Å². The molecular formula is C36H52N12O14S2. The maximum Gasteiger partial charge on any atom is 0.295 e. The zero-order valence-electron chi connectivity index (χ0n) is 34.4. The summed E-state index contributed by atoms with van der Waals surface area (Å²) in [6.07, 6.45) is 2.99. The van der Waals surface area contributed by atoms with Crippen molar-refractivity contribution in [1.82, 2.24) is 29.9 Å². The van der Waals surface area contributed by atoms with Gasteiger partial charge in [0.25, 0.3) is 10.1 Å². The van der Waals surface area contributed by atoms with Crippen molar-refractivity contribution in [3.8, 4) is 0 Å². The van der Waals surface area contributed by atoms with Crippen LogP contribution in [0.15, 0.2) is 46.2 Å². The molecule has 2 heterocycles. The van der Waals surface area contributed by atoms with Crippen molar-refractivity contribution < 1.29 is 67.0 Å². The Morgan fingerprint density at radius 1 is 0.531 bits per heavy atom. The molecule has 0 atom stereocenters. The Labute approximate surface area is 372 Å². The molecule has 0 spiro atoms. The molecule has 2 aromatic carbocycles. The molecule has 0 bridgehead atoms. The molecule has 0 fully saturated rings. The number of aromatic nitrogens is 6. The number of hydrogen-bond acceptors (Lipinski definition) is 26. The van der Waals surface area contributed by atoms with Gasteiger partial charge in [0.2, 0.25) is 35.7 Å². The normalized spacial score (nSPS) is 11.5. The van der Waals surface area contributed by atoms with E-state index >= 15 is 0 Å². The first kappa shape index (κ1) is 51.5. The molecule has 2 aromatic heterocycles. The molecule has 64 heavy (non-hydrogen) atoms. The van der Waals surface area contributed by atoms with Gasteiger partial charge in [-0.2, -0.15) is 38.3 Å². The monoisotopic (exact) mass is 940 g/mol. The lowest BCUT2D eigenvalue weighted by atomic mass is 10.1. The zero-order valence-corrected chi connectivity index (χ0v) is 36.0. The molecule has 0 amide bonds. The Balaban J connectivity index is 1.56. The van der Waals surface area contributed by atoms with Gasteiger partial charge in [-0.3, -0.25) is 4.55 Å². The van der Waals surface area contributed by atoms with E-state index < -0.39 is 15.0 Å². The van der Waals surface area contributed by atoms with Crippen LogP contribution in [0, 0.1) is 0 Å². The number of aliphatic hydroxyl groups excluding tert-OH is 4. The quantitative estimate of drug-likeness (QED) is 0.00778. The summed E-state index contributed by atoms with van der Waals surface area (Å²) in [4.78, 5) is 26.1. The Morgan fingerprint density at radius 3 is 1.30 bits per heavy atom. The topological polar surface area (TPSA) is 360 Å². The Morgan fingerprint density at radius 2 is 0.906 bits per heavy atom. The van der Waals surface area contributed by atoms with Gasteiger partial charge in [-0.1, -0.05) is 29.3 Å².